The van der Waals surface area contributed by atoms with Crippen LogP contribution in [0.2, 0.25) is 0 Å². The van der Waals surface area contributed by atoms with Crippen LogP contribution in [-0.4, -0.2) is 36.0 Å². The highest BCUT2D eigenvalue weighted by Gasteiger charge is 2.32. The van der Waals surface area contributed by atoms with Crippen molar-refractivity contribution in [3.63, 3.8) is 0 Å². The molecule has 3 rings (SSSR count). The first-order chi connectivity index (χ1) is 15.2. The average Bonchev–Trinajstić information content (AvgIpc) is 3.00. The first-order valence-corrected chi connectivity index (χ1v) is 10.1. The van der Waals surface area contributed by atoms with Gasteiger partial charge in [-0.15, -0.1) is 0 Å². The molecule has 0 bridgehead atoms. The number of carbonyl (C=O) groups is 4. The van der Waals surface area contributed by atoms with Crippen molar-refractivity contribution in [2.75, 3.05) is 10.2 Å². The number of rotatable bonds is 7. The Balaban J connectivity index is 1.68. The van der Waals surface area contributed by atoms with Crippen LogP contribution in [0.15, 0.2) is 60.3 Å². The number of amides is 2. The van der Waals surface area contributed by atoms with Crippen molar-refractivity contribution in [3.8, 4) is 0 Å². The number of nitrogens with one attached hydrogen (secondary N) is 1. The van der Waals surface area contributed by atoms with Gasteiger partial charge in [0, 0.05) is 11.8 Å². The summed E-state index contributed by atoms with van der Waals surface area (Å²) in [7, 11) is 0. The molecular weight excluding hydrogens is 412 g/mol. The van der Waals surface area contributed by atoms with Crippen LogP contribution in [0.5, 0.6) is 0 Å². The minimum atomic E-state index is -0.532. The predicted octanol–water partition coefficient (Wildman–Crippen LogP) is 3.69. The van der Waals surface area contributed by atoms with Gasteiger partial charge in [0.1, 0.15) is 5.70 Å². The summed E-state index contributed by atoms with van der Waals surface area (Å²) in [5.41, 5.74) is 1.66. The predicted molar refractivity (Wildman–Crippen MR) is 118 cm³/mol. The Labute approximate surface area is 185 Å². The molecule has 0 saturated heterocycles. The van der Waals surface area contributed by atoms with Gasteiger partial charge < -0.3 is 14.8 Å². The molecule has 0 unspecified atom stereocenters. The Hall–Kier alpha value is -3.94. The monoisotopic (exact) mass is 436 g/mol. The van der Waals surface area contributed by atoms with E-state index in [1.165, 1.54) is 30.3 Å². The Morgan fingerprint density at radius 2 is 1.25 bits per heavy atom. The molecule has 8 heteroatoms. The number of ether oxygens (including phenoxy) is 2. The molecule has 0 saturated carbocycles. The molecule has 1 heterocycles. The topological polar surface area (TPSA) is 102 Å². The maximum absolute atomic E-state index is 12.8. The van der Waals surface area contributed by atoms with Crippen LogP contribution in [0.1, 0.15) is 48.4 Å². The van der Waals surface area contributed by atoms with Crippen LogP contribution < -0.4 is 10.2 Å². The first-order valence-electron chi connectivity index (χ1n) is 10.1. The second-order valence-electron chi connectivity index (χ2n) is 7.69. The zero-order chi connectivity index (χ0) is 23.4. The van der Waals surface area contributed by atoms with E-state index >= 15 is 0 Å². The van der Waals surface area contributed by atoms with Crippen molar-refractivity contribution in [1.82, 2.24) is 0 Å². The Bertz CT molecular complexity index is 1070. The highest BCUT2D eigenvalue weighted by molar-refractivity contribution is 6.31. The zero-order valence-corrected chi connectivity index (χ0v) is 18.2. The van der Waals surface area contributed by atoms with Crippen LogP contribution in [0.3, 0.4) is 0 Å². The summed E-state index contributed by atoms with van der Waals surface area (Å²) in [5.74, 6) is -1.96. The fourth-order valence-corrected chi connectivity index (χ4v) is 2.96. The molecule has 32 heavy (non-hydrogen) atoms. The van der Waals surface area contributed by atoms with E-state index in [9.17, 15) is 19.2 Å². The smallest absolute Gasteiger partial charge is 0.338 e. The number of esters is 2. The Morgan fingerprint density at radius 1 is 0.781 bits per heavy atom. The average molecular weight is 436 g/mol. The van der Waals surface area contributed by atoms with Gasteiger partial charge in [0.15, 0.2) is 0 Å². The molecule has 166 valence electrons. The van der Waals surface area contributed by atoms with Crippen LogP contribution >= 0.6 is 0 Å². The summed E-state index contributed by atoms with van der Waals surface area (Å²) in [6.45, 7) is 7.02. The standard InChI is InChI=1S/C24H24N2O6/c1-14(2)31-23(29)16-5-9-18(10-6-16)25-20-13-21(27)26(22(20)28)19-11-7-17(8-12-19)24(30)32-15(3)4/h5-15,25H,1-4H3. The van der Waals surface area contributed by atoms with Crippen LogP contribution in [0.4, 0.5) is 11.4 Å². The molecule has 2 aromatic rings. The molecule has 0 atom stereocenters. The van der Waals surface area contributed by atoms with Crippen LogP contribution in [0, 0.1) is 0 Å². The lowest BCUT2D eigenvalue weighted by Gasteiger charge is -2.16. The molecule has 0 fully saturated rings. The molecule has 2 amide bonds. The molecule has 0 aliphatic carbocycles. The second kappa shape index (κ2) is 9.47. The summed E-state index contributed by atoms with van der Waals surface area (Å²) in [6.07, 6.45) is 0.717. The van der Waals surface area contributed by atoms with Crippen molar-refractivity contribution < 1.29 is 28.7 Å². The van der Waals surface area contributed by atoms with Gasteiger partial charge in [-0.3, -0.25) is 9.59 Å². The molecule has 0 spiro atoms. The van der Waals surface area contributed by atoms with Crippen LogP contribution in [-0.2, 0) is 19.1 Å². The minimum absolute atomic E-state index is 0.0933. The molecule has 8 nitrogen and oxygen atoms in total. The highest BCUT2D eigenvalue weighted by atomic mass is 16.5. The van der Waals surface area contributed by atoms with Gasteiger partial charge >= 0.3 is 11.9 Å². The quantitative estimate of drug-likeness (QED) is 0.522. The van der Waals surface area contributed by atoms with E-state index in [-0.39, 0.29) is 17.9 Å². The van der Waals surface area contributed by atoms with Gasteiger partial charge in [0.05, 0.1) is 29.0 Å². The third-order valence-electron chi connectivity index (χ3n) is 4.37. The van der Waals surface area contributed by atoms with E-state index in [4.69, 9.17) is 9.47 Å². The fraction of sp³-hybridized carbons (Fsp3) is 0.250. The Morgan fingerprint density at radius 3 is 1.72 bits per heavy atom. The number of imide groups is 1. The van der Waals surface area contributed by atoms with E-state index in [1.54, 1.807) is 52.0 Å². The summed E-state index contributed by atoms with van der Waals surface area (Å²) in [5, 5.41) is 2.90. The highest BCUT2D eigenvalue weighted by Crippen LogP contribution is 2.24. The Kier molecular flexibility index (Phi) is 6.73. The maximum atomic E-state index is 12.8. The lowest BCUT2D eigenvalue weighted by atomic mass is 10.2. The first kappa shape index (κ1) is 22.7. The summed E-state index contributed by atoms with van der Waals surface area (Å²) < 4.78 is 10.3. The molecule has 0 aromatic heterocycles. The van der Waals surface area contributed by atoms with Gasteiger partial charge in [-0.1, -0.05) is 0 Å². The number of benzene rings is 2. The van der Waals surface area contributed by atoms with Gasteiger partial charge in [0.25, 0.3) is 11.8 Å². The van der Waals surface area contributed by atoms with E-state index in [0.717, 1.165) is 4.90 Å². The van der Waals surface area contributed by atoms with Gasteiger partial charge in [-0.2, -0.15) is 0 Å². The molecule has 1 N–H and O–H groups in total. The van der Waals surface area contributed by atoms with E-state index in [2.05, 4.69) is 5.32 Å². The summed E-state index contributed by atoms with van der Waals surface area (Å²) in [4.78, 5) is 50.1. The SMILES string of the molecule is CC(C)OC(=O)c1ccc(NC2=CC(=O)N(c3ccc(C(=O)OC(C)C)cc3)C2=O)cc1. The maximum Gasteiger partial charge on any atom is 0.338 e. The van der Waals surface area contributed by atoms with E-state index in [1.807, 2.05) is 0 Å². The minimum Gasteiger partial charge on any atom is -0.459 e. The largest absolute Gasteiger partial charge is 0.459 e. The second-order valence-corrected chi connectivity index (χ2v) is 7.69. The fourth-order valence-electron chi connectivity index (χ4n) is 2.96. The van der Waals surface area contributed by atoms with Gasteiger partial charge in [0.2, 0.25) is 0 Å². The van der Waals surface area contributed by atoms with Crippen molar-refractivity contribution >= 4 is 35.1 Å². The summed E-state index contributed by atoms with van der Waals surface area (Å²) in [6, 6.07) is 12.4. The third-order valence-corrected chi connectivity index (χ3v) is 4.37. The van der Waals surface area contributed by atoms with Crippen LogP contribution in [0.25, 0.3) is 0 Å². The van der Waals surface area contributed by atoms with Crippen molar-refractivity contribution in [3.05, 3.63) is 71.4 Å². The van der Waals surface area contributed by atoms with Gasteiger partial charge in [-0.05, 0) is 76.2 Å². The summed E-state index contributed by atoms with van der Waals surface area (Å²) >= 11 is 0. The lowest BCUT2D eigenvalue weighted by Crippen LogP contribution is -2.32. The number of hydrogen-bond donors (Lipinski definition) is 1. The van der Waals surface area contributed by atoms with Crippen molar-refractivity contribution in [1.29, 1.82) is 0 Å². The molecule has 2 aromatic carbocycles. The molecule has 1 aliphatic rings. The molecule has 1 aliphatic heterocycles. The van der Waals surface area contributed by atoms with E-state index < -0.39 is 23.8 Å². The number of hydrogen-bond acceptors (Lipinski definition) is 7. The molecular formula is C24H24N2O6. The van der Waals surface area contributed by atoms with Gasteiger partial charge in [-0.25, -0.2) is 14.5 Å². The lowest BCUT2D eigenvalue weighted by molar-refractivity contribution is -0.120. The van der Waals surface area contributed by atoms with Crippen molar-refractivity contribution in [2.24, 2.45) is 0 Å². The van der Waals surface area contributed by atoms with E-state index in [0.29, 0.717) is 22.5 Å². The number of carbonyl (C=O) groups excluding carboxylic acids is 4. The van der Waals surface area contributed by atoms with Crippen molar-refractivity contribution in [2.45, 2.75) is 39.9 Å². The number of anilines is 2. The molecule has 0 radical (unpaired) electrons. The zero-order valence-electron chi connectivity index (χ0n) is 18.2. The number of nitrogens with zero attached hydrogens (tertiary/aromatic N) is 1. The normalized spacial score (nSPS) is 13.4. The third kappa shape index (κ3) is 5.21.